The summed E-state index contributed by atoms with van der Waals surface area (Å²) in [5.74, 6) is 0.239. The minimum absolute atomic E-state index is 0.0515. The molecule has 0 saturated carbocycles. The van der Waals surface area contributed by atoms with Crippen molar-refractivity contribution < 1.29 is 22.7 Å². The van der Waals surface area contributed by atoms with E-state index >= 15 is 0 Å². The van der Waals surface area contributed by atoms with Crippen LogP contribution in [-0.4, -0.2) is 62.1 Å². The fraction of sp³-hybridized carbons (Fsp3) is 0.310. The predicted molar refractivity (Wildman–Crippen MR) is 146 cm³/mol. The van der Waals surface area contributed by atoms with Crippen LogP contribution in [-0.2, 0) is 17.6 Å². The molecule has 1 N–H and O–H groups in total. The molecular weight excluding hydrogens is 549 g/mol. The molecule has 5 heterocycles. The molecule has 6 rings (SSSR count). The molecule has 42 heavy (non-hydrogen) atoms. The van der Waals surface area contributed by atoms with E-state index in [1.54, 1.807) is 11.1 Å². The van der Waals surface area contributed by atoms with Gasteiger partial charge in [-0.05, 0) is 43.2 Å². The van der Waals surface area contributed by atoms with Crippen LogP contribution in [0.4, 0.5) is 19.0 Å². The highest BCUT2D eigenvalue weighted by Gasteiger charge is 2.49. The number of carbonyl (C=O) groups excluding carboxylic acids is 1. The Morgan fingerprint density at radius 3 is 2.81 bits per heavy atom. The second-order valence-electron chi connectivity index (χ2n) is 10.6. The Hall–Kier alpha value is -4.99. The van der Waals surface area contributed by atoms with Crippen LogP contribution in [0.15, 0.2) is 49.3 Å². The number of fused-ring (bicyclic) bond motifs is 1. The number of aromatic amines is 1. The predicted octanol–water partition coefficient (Wildman–Crippen LogP) is 4.42. The van der Waals surface area contributed by atoms with Crippen molar-refractivity contribution in [2.75, 3.05) is 31.1 Å². The third-order valence-electron chi connectivity index (χ3n) is 7.82. The van der Waals surface area contributed by atoms with Gasteiger partial charge in [-0.15, -0.1) is 0 Å². The lowest BCUT2D eigenvalue weighted by molar-refractivity contribution is -0.138. The number of ether oxygens (including phenoxy) is 1. The molecule has 13 heteroatoms. The SMILES string of the molecule is C=CC(=O)N1CC2(CCN(c3nc(OCc4cc(C(F)(F)F)ccn4)nc(-c4c(C)ccc5[nH]ncc45)c3C#N)C2)C1. The first-order valence-corrected chi connectivity index (χ1v) is 13.2. The number of hydrogen-bond acceptors (Lipinski definition) is 8. The fourth-order valence-electron chi connectivity index (χ4n) is 5.74. The number of hydrogen-bond donors (Lipinski definition) is 1. The highest BCUT2D eigenvalue weighted by molar-refractivity contribution is 5.97. The van der Waals surface area contributed by atoms with E-state index in [2.05, 4.69) is 37.8 Å². The molecule has 0 atom stereocenters. The molecule has 214 valence electrons. The van der Waals surface area contributed by atoms with E-state index in [0.29, 0.717) is 43.3 Å². The first-order valence-electron chi connectivity index (χ1n) is 13.2. The number of nitrogens with one attached hydrogen (secondary N) is 1. The third kappa shape index (κ3) is 4.78. The maximum Gasteiger partial charge on any atom is 0.416 e. The van der Waals surface area contributed by atoms with E-state index in [-0.39, 0.29) is 35.2 Å². The molecule has 1 aromatic carbocycles. The zero-order valence-electron chi connectivity index (χ0n) is 22.6. The Balaban J connectivity index is 1.40. The van der Waals surface area contributed by atoms with Gasteiger partial charge in [-0.3, -0.25) is 14.9 Å². The summed E-state index contributed by atoms with van der Waals surface area (Å²) in [5.41, 5.74) is 1.90. The molecule has 2 fully saturated rings. The second kappa shape index (κ2) is 10.1. The van der Waals surface area contributed by atoms with Gasteiger partial charge < -0.3 is 14.5 Å². The number of benzene rings is 1. The van der Waals surface area contributed by atoms with Crippen LogP contribution in [0.25, 0.3) is 22.2 Å². The fourth-order valence-corrected chi connectivity index (χ4v) is 5.74. The van der Waals surface area contributed by atoms with Crippen LogP contribution in [0.5, 0.6) is 6.01 Å². The van der Waals surface area contributed by atoms with Crippen molar-refractivity contribution in [3.63, 3.8) is 0 Å². The summed E-state index contributed by atoms with van der Waals surface area (Å²) < 4.78 is 45.6. The summed E-state index contributed by atoms with van der Waals surface area (Å²) in [6.07, 6.45) is 0.287. The lowest BCUT2D eigenvalue weighted by Gasteiger charge is -2.47. The van der Waals surface area contributed by atoms with Crippen molar-refractivity contribution in [3.8, 4) is 23.3 Å². The summed E-state index contributed by atoms with van der Waals surface area (Å²) in [6, 6.07) is 7.75. The number of amides is 1. The molecule has 3 aromatic heterocycles. The number of anilines is 1. The summed E-state index contributed by atoms with van der Waals surface area (Å²) in [6.45, 7) is 7.43. The topological polar surface area (TPSA) is 124 Å². The number of aryl methyl sites for hydroxylation is 1. The number of aromatic nitrogens is 5. The Morgan fingerprint density at radius 1 is 1.26 bits per heavy atom. The highest BCUT2D eigenvalue weighted by Crippen LogP contribution is 2.43. The number of H-pyrrole nitrogens is 1. The van der Waals surface area contributed by atoms with Gasteiger partial charge in [0.15, 0.2) is 5.82 Å². The van der Waals surface area contributed by atoms with Gasteiger partial charge in [-0.2, -0.15) is 33.5 Å². The minimum Gasteiger partial charge on any atom is -0.457 e. The third-order valence-corrected chi connectivity index (χ3v) is 7.82. The molecule has 0 bridgehead atoms. The molecule has 0 aliphatic carbocycles. The van der Waals surface area contributed by atoms with Crippen molar-refractivity contribution >= 4 is 22.6 Å². The molecule has 0 radical (unpaired) electrons. The Labute approximate surface area is 238 Å². The van der Waals surface area contributed by atoms with Crippen molar-refractivity contribution in [3.05, 3.63) is 71.7 Å². The Bertz CT molecular complexity index is 1750. The monoisotopic (exact) mass is 574 g/mol. The van der Waals surface area contributed by atoms with E-state index in [1.165, 1.54) is 6.08 Å². The Kier molecular flexibility index (Phi) is 6.56. The van der Waals surface area contributed by atoms with Crippen LogP contribution in [0.1, 0.15) is 28.8 Å². The van der Waals surface area contributed by atoms with Crippen molar-refractivity contribution in [1.29, 1.82) is 5.26 Å². The number of alkyl halides is 3. The summed E-state index contributed by atoms with van der Waals surface area (Å²) >= 11 is 0. The maximum atomic E-state index is 13.2. The summed E-state index contributed by atoms with van der Waals surface area (Å²) in [4.78, 5) is 29.0. The van der Waals surface area contributed by atoms with E-state index in [1.807, 2.05) is 24.0 Å². The normalized spacial score (nSPS) is 16.0. The van der Waals surface area contributed by atoms with Crippen LogP contribution in [0.2, 0.25) is 0 Å². The van der Waals surface area contributed by atoms with Crippen LogP contribution in [0, 0.1) is 23.7 Å². The molecule has 2 aliphatic rings. The van der Waals surface area contributed by atoms with Gasteiger partial charge in [-0.25, -0.2) is 0 Å². The van der Waals surface area contributed by atoms with Gasteiger partial charge in [0.1, 0.15) is 18.2 Å². The number of pyridine rings is 1. The number of rotatable bonds is 6. The zero-order chi connectivity index (χ0) is 29.6. The van der Waals surface area contributed by atoms with E-state index in [9.17, 15) is 23.2 Å². The van der Waals surface area contributed by atoms with Gasteiger partial charge in [0, 0.05) is 48.7 Å². The van der Waals surface area contributed by atoms with Gasteiger partial charge >= 0.3 is 12.2 Å². The number of halogens is 3. The molecule has 0 unspecified atom stereocenters. The number of nitriles is 1. The number of carbonyl (C=O) groups is 1. The average Bonchev–Trinajstić information content (AvgIpc) is 3.62. The molecule has 1 spiro atoms. The van der Waals surface area contributed by atoms with Gasteiger partial charge in [0.05, 0.1) is 28.7 Å². The van der Waals surface area contributed by atoms with Gasteiger partial charge in [0.25, 0.3) is 0 Å². The maximum absolute atomic E-state index is 13.2. The van der Waals surface area contributed by atoms with Crippen LogP contribution >= 0.6 is 0 Å². The lowest BCUT2D eigenvalue weighted by Crippen LogP contribution is -2.59. The number of nitrogens with zero attached hydrogens (tertiary/aromatic N) is 7. The second-order valence-corrected chi connectivity index (χ2v) is 10.6. The lowest BCUT2D eigenvalue weighted by atomic mass is 9.79. The van der Waals surface area contributed by atoms with E-state index in [0.717, 1.165) is 41.2 Å². The molecule has 1 amide bonds. The molecule has 2 aliphatic heterocycles. The van der Waals surface area contributed by atoms with Crippen molar-refractivity contribution in [2.24, 2.45) is 5.41 Å². The average molecular weight is 575 g/mol. The zero-order valence-corrected chi connectivity index (χ0v) is 22.6. The molecule has 2 saturated heterocycles. The largest absolute Gasteiger partial charge is 0.457 e. The standard InChI is InChI=1S/C29H25F3N8O2/c1-3-23(41)40-15-28(16-40)7-9-39(14-28)26-20(11-33)25(24-17(2)4-5-22-21(24)12-35-38-22)36-27(37-26)42-13-19-10-18(6-8-34-19)29(30,31)32/h3-6,8,10,12H,1,7,9,13-16H2,2H3,(H,35,38). The van der Waals surface area contributed by atoms with Gasteiger partial charge in [-0.1, -0.05) is 12.6 Å². The minimum atomic E-state index is -4.52. The smallest absolute Gasteiger partial charge is 0.416 e. The number of likely N-dealkylation sites (tertiary alicyclic amines) is 1. The highest BCUT2D eigenvalue weighted by atomic mass is 19.4. The first-order chi connectivity index (χ1) is 20.1. The molecule has 4 aromatic rings. The van der Waals surface area contributed by atoms with E-state index < -0.39 is 11.7 Å². The van der Waals surface area contributed by atoms with Crippen molar-refractivity contribution in [1.82, 2.24) is 30.0 Å². The first kappa shape index (κ1) is 27.2. The Morgan fingerprint density at radius 2 is 2.07 bits per heavy atom. The van der Waals surface area contributed by atoms with Crippen LogP contribution < -0.4 is 9.64 Å². The quantitative estimate of drug-likeness (QED) is 0.336. The summed E-state index contributed by atoms with van der Waals surface area (Å²) in [5, 5.41) is 18.2. The van der Waals surface area contributed by atoms with Crippen molar-refractivity contribution in [2.45, 2.75) is 26.1 Å². The molecular formula is C29H25F3N8O2. The molecule has 10 nitrogen and oxygen atoms in total. The van der Waals surface area contributed by atoms with E-state index in [4.69, 9.17) is 4.74 Å². The van der Waals surface area contributed by atoms with Gasteiger partial charge in [0.2, 0.25) is 5.91 Å². The summed E-state index contributed by atoms with van der Waals surface area (Å²) in [7, 11) is 0. The van der Waals surface area contributed by atoms with Crippen LogP contribution in [0.3, 0.4) is 0 Å².